The summed E-state index contributed by atoms with van der Waals surface area (Å²) in [7, 11) is 0. The summed E-state index contributed by atoms with van der Waals surface area (Å²) in [5, 5.41) is 9.26. The van der Waals surface area contributed by atoms with Crippen molar-refractivity contribution in [3.05, 3.63) is 34.9 Å². The van der Waals surface area contributed by atoms with E-state index in [-0.39, 0.29) is 0 Å². The number of hydrogen-bond acceptors (Lipinski definition) is 3. The lowest BCUT2D eigenvalue weighted by atomic mass is 10.1. The van der Waals surface area contributed by atoms with Gasteiger partial charge in [-0.3, -0.25) is 4.79 Å². The summed E-state index contributed by atoms with van der Waals surface area (Å²) in [6.07, 6.45) is -0.883. The van der Waals surface area contributed by atoms with Gasteiger partial charge in [-0.2, -0.15) is 5.26 Å². The lowest BCUT2D eigenvalue weighted by Gasteiger charge is -2.09. The Morgan fingerprint density at radius 1 is 1.64 bits per heavy atom. The van der Waals surface area contributed by atoms with Crippen LogP contribution in [0, 0.1) is 11.3 Å². The highest BCUT2D eigenvalue weighted by atomic mass is 35.5. The van der Waals surface area contributed by atoms with Crippen molar-refractivity contribution in [1.82, 2.24) is 0 Å². The molecular weight excluding hydrogens is 202 g/mol. The third-order valence-corrected chi connectivity index (χ3v) is 1.79. The zero-order chi connectivity index (χ0) is 10.6. The van der Waals surface area contributed by atoms with Crippen LogP contribution >= 0.6 is 11.6 Å². The zero-order valence-corrected chi connectivity index (χ0v) is 8.28. The number of esters is 1. The van der Waals surface area contributed by atoms with Crippen molar-refractivity contribution >= 4 is 17.6 Å². The Morgan fingerprint density at radius 3 is 2.86 bits per heavy atom. The standard InChI is InChI=1S/C10H8ClNO2/c1-7(13)14-10(6-12)8-3-2-4-9(11)5-8/h2-5,10H,1H3/t10-/m0/s1. The second-order valence-electron chi connectivity index (χ2n) is 2.67. The Labute approximate surface area is 86.9 Å². The Balaban J connectivity index is 2.90. The van der Waals surface area contributed by atoms with Crippen molar-refractivity contribution in [3.63, 3.8) is 0 Å². The number of carbonyl (C=O) groups excluding carboxylic acids is 1. The molecule has 0 unspecified atom stereocenters. The lowest BCUT2D eigenvalue weighted by Crippen LogP contribution is -2.06. The van der Waals surface area contributed by atoms with Crippen molar-refractivity contribution in [2.75, 3.05) is 0 Å². The highest BCUT2D eigenvalue weighted by Crippen LogP contribution is 2.20. The number of rotatable bonds is 2. The van der Waals surface area contributed by atoms with Crippen LogP contribution < -0.4 is 0 Å². The minimum Gasteiger partial charge on any atom is -0.442 e. The highest BCUT2D eigenvalue weighted by Gasteiger charge is 2.13. The van der Waals surface area contributed by atoms with Gasteiger partial charge in [0.15, 0.2) is 0 Å². The molecule has 0 heterocycles. The predicted octanol–water partition coefficient (Wildman–Crippen LogP) is 2.47. The van der Waals surface area contributed by atoms with Gasteiger partial charge in [-0.15, -0.1) is 0 Å². The summed E-state index contributed by atoms with van der Waals surface area (Å²) in [6.45, 7) is 1.26. The van der Waals surface area contributed by atoms with Crippen molar-refractivity contribution < 1.29 is 9.53 Å². The molecule has 72 valence electrons. The van der Waals surface area contributed by atoms with E-state index in [0.717, 1.165) is 0 Å². The summed E-state index contributed by atoms with van der Waals surface area (Å²) in [4.78, 5) is 10.7. The molecule has 0 fully saturated rings. The number of hydrogen-bond donors (Lipinski definition) is 0. The first-order valence-electron chi connectivity index (χ1n) is 3.96. The highest BCUT2D eigenvalue weighted by molar-refractivity contribution is 6.30. The summed E-state index contributed by atoms with van der Waals surface area (Å²) in [5.74, 6) is -0.489. The molecule has 0 saturated carbocycles. The quantitative estimate of drug-likeness (QED) is 0.703. The molecule has 0 aliphatic carbocycles. The molecule has 3 nitrogen and oxygen atoms in total. The smallest absolute Gasteiger partial charge is 0.304 e. The average molecular weight is 210 g/mol. The van der Waals surface area contributed by atoms with Gasteiger partial charge < -0.3 is 4.74 Å². The fraction of sp³-hybridized carbons (Fsp3) is 0.200. The first-order valence-corrected chi connectivity index (χ1v) is 4.33. The Morgan fingerprint density at radius 2 is 2.36 bits per heavy atom. The van der Waals surface area contributed by atoms with E-state index in [1.807, 2.05) is 6.07 Å². The van der Waals surface area contributed by atoms with E-state index < -0.39 is 12.1 Å². The van der Waals surface area contributed by atoms with Crippen LogP contribution in [-0.2, 0) is 9.53 Å². The number of ether oxygens (including phenoxy) is 1. The van der Waals surface area contributed by atoms with E-state index in [1.165, 1.54) is 6.92 Å². The van der Waals surface area contributed by atoms with Crippen LogP contribution in [0.5, 0.6) is 0 Å². The van der Waals surface area contributed by atoms with E-state index in [9.17, 15) is 4.79 Å². The van der Waals surface area contributed by atoms with Crippen LogP contribution in [0.15, 0.2) is 24.3 Å². The topological polar surface area (TPSA) is 50.1 Å². The molecule has 1 atom stereocenters. The maximum absolute atomic E-state index is 10.7. The molecule has 0 aromatic heterocycles. The van der Waals surface area contributed by atoms with E-state index in [4.69, 9.17) is 21.6 Å². The van der Waals surface area contributed by atoms with E-state index in [0.29, 0.717) is 10.6 Å². The van der Waals surface area contributed by atoms with Crippen LogP contribution in [0.2, 0.25) is 5.02 Å². The fourth-order valence-corrected chi connectivity index (χ4v) is 1.20. The van der Waals surface area contributed by atoms with Crippen LogP contribution in [0.25, 0.3) is 0 Å². The zero-order valence-electron chi connectivity index (χ0n) is 7.53. The average Bonchev–Trinajstić information content (AvgIpc) is 2.14. The summed E-state index contributed by atoms with van der Waals surface area (Å²) in [6, 6.07) is 8.54. The van der Waals surface area contributed by atoms with Gasteiger partial charge in [0.1, 0.15) is 6.07 Å². The van der Waals surface area contributed by atoms with Gasteiger partial charge in [0.2, 0.25) is 6.10 Å². The summed E-state index contributed by atoms with van der Waals surface area (Å²) in [5.41, 5.74) is 0.579. The molecule has 1 aromatic rings. The van der Waals surface area contributed by atoms with Gasteiger partial charge in [-0.25, -0.2) is 0 Å². The molecule has 0 spiro atoms. The molecule has 1 aromatic carbocycles. The van der Waals surface area contributed by atoms with Gasteiger partial charge in [-0.1, -0.05) is 23.7 Å². The molecule has 0 aliphatic heterocycles. The van der Waals surface area contributed by atoms with Gasteiger partial charge in [-0.05, 0) is 12.1 Å². The van der Waals surface area contributed by atoms with Crippen LogP contribution in [-0.4, -0.2) is 5.97 Å². The first kappa shape index (κ1) is 10.6. The Hall–Kier alpha value is -1.53. The SMILES string of the molecule is CC(=O)O[C@@H](C#N)c1cccc(Cl)c1. The lowest BCUT2D eigenvalue weighted by molar-refractivity contribution is -0.144. The third kappa shape index (κ3) is 2.75. The molecule has 0 saturated heterocycles. The second-order valence-corrected chi connectivity index (χ2v) is 3.11. The van der Waals surface area contributed by atoms with Crippen LogP contribution in [0.3, 0.4) is 0 Å². The molecule has 0 N–H and O–H groups in total. The van der Waals surface area contributed by atoms with Crippen LogP contribution in [0.4, 0.5) is 0 Å². The van der Waals surface area contributed by atoms with E-state index in [2.05, 4.69) is 0 Å². The van der Waals surface area contributed by atoms with Gasteiger partial charge in [0, 0.05) is 17.5 Å². The van der Waals surface area contributed by atoms with Crippen LogP contribution in [0.1, 0.15) is 18.6 Å². The molecule has 0 radical (unpaired) electrons. The summed E-state index contributed by atoms with van der Waals surface area (Å²) < 4.78 is 4.78. The van der Waals surface area contributed by atoms with Crippen molar-refractivity contribution in [3.8, 4) is 6.07 Å². The third-order valence-electron chi connectivity index (χ3n) is 1.55. The largest absolute Gasteiger partial charge is 0.442 e. The molecule has 0 amide bonds. The molecule has 4 heteroatoms. The minimum atomic E-state index is -0.883. The van der Waals surface area contributed by atoms with Crippen molar-refractivity contribution in [1.29, 1.82) is 5.26 Å². The normalized spacial score (nSPS) is 11.5. The minimum absolute atomic E-state index is 0.489. The monoisotopic (exact) mass is 209 g/mol. The Bertz CT molecular complexity index is 384. The second kappa shape index (κ2) is 4.64. The number of benzene rings is 1. The van der Waals surface area contributed by atoms with Gasteiger partial charge in [0.05, 0.1) is 0 Å². The van der Waals surface area contributed by atoms with E-state index in [1.54, 1.807) is 24.3 Å². The molecule has 14 heavy (non-hydrogen) atoms. The van der Waals surface area contributed by atoms with Gasteiger partial charge in [0.25, 0.3) is 0 Å². The van der Waals surface area contributed by atoms with Crippen molar-refractivity contribution in [2.24, 2.45) is 0 Å². The maximum Gasteiger partial charge on any atom is 0.304 e. The maximum atomic E-state index is 10.7. The molecule has 0 aliphatic rings. The Kier molecular flexibility index (Phi) is 3.49. The predicted molar refractivity (Wildman–Crippen MR) is 51.6 cm³/mol. The fourth-order valence-electron chi connectivity index (χ4n) is 1.00. The number of nitrogens with zero attached hydrogens (tertiary/aromatic N) is 1. The number of carbonyl (C=O) groups is 1. The number of halogens is 1. The molecular formula is C10H8ClNO2. The van der Waals surface area contributed by atoms with Crippen molar-refractivity contribution in [2.45, 2.75) is 13.0 Å². The molecule has 1 rings (SSSR count). The van der Waals surface area contributed by atoms with E-state index >= 15 is 0 Å². The molecule has 0 bridgehead atoms. The first-order chi connectivity index (χ1) is 6.63. The number of nitriles is 1. The summed E-state index contributed by atoms with van der Waals surface area (Å²) >= 11 is 5.73. The van der Waals surface area contributed by atoms with Gasteiger partial charge >= 0.3 is 5.97 Å².